The second kappa shape index (κ2) is 4.82. The van der Waals surface area contributed by atoms with Crippen molar-refractivity contribution in [1.82, 2.24) is 0 Å². The first-order valence-corrected chi connectivity index (χ1v) is 6.76. The maximum absolute atomic E-state index is 14.3. The maximum Gasteiger partial charge on any atom is 0.525 e. The third kappa shape index (κ3) is 2.50. The molecular formula is C13H21BFNO4. The largest absolute Gasteiger partial charge is 0.525 e. The van der Waals surface area contributed by atoms with Gasteiger partial charge in [-0.2, -0.15) is 0 Å². The molecule has 0 aromatic rings. The van der Waals surface area contributed by atoms with Crippen LogP contribution in [-0.2, 0) is 14.1 Å². The van der Waals surface area contributed by atoms with E-state index >= 15 is 0 Å². The van der Waals surface area contributed by atoms with Crippen molar-refractivity contribution in [3.05, 3.63) is 11.3 Å². The molecule has 1 unspecified atom stereocenters. The standard InChI is InChI=1S/C13H21BFNO4/c1-12(2)13(3,4)20-14(19-12)10(15)8-5-7(6-8)9(16)11(17)18/h7,9H,5-6,16H2,1-4H3,(H,17,18). The van der Waals surface area contributed by atoms with Crippen molar-refractivity contribution < 1.29 is 23.6 Å². The van der Waals surface area contributed by atoms with E-state index in [1.807, 2.05) is 27.7 Å². The molecule has 112 valence electrons. The number of nitrogens with two attached hydrogens (primary N) is 1. The zero-order valence-corrected chi connectivity index (χ0v) is 12.3. The Morgan fingerprint density at radius 2 is 1.80 bits per heavy atom. The molecule has 1 saturated heterocycles. The van der Waals surface area contributed by atoms with Crippen LogP contribution in [0.3, 0.4) is 0 Å². The Hall–Kier alpha value is -0.915. The molecular weight excluding hydrogens is 264 g/mol. The molecule has 1 saturated carbocycles. The molecule has 1 atom stereocenters. The second-order valence-corrected chi connectivity index (χ2v) is 6.57. The van der Waals surface area contributed by atoms with Crippen LogP contribution in [0.4, 0.5) is 4.39 Å². The zero-order chi connectivity index (χ0) is 15.3. The molecule has 2 fully saturated rings. The summed E-state index contributed by atoms with van der Waals surface area (Å²) in [7, 11) is -1.00. The lowest BCUT2D eigenvalue weighted by molar-refractivity contribution is -0.140. The number of halogens is 1. The Morgan fingerprint density at radius 3 is 2.20 bits per heavy atom. The van der Waals surface area contributed by atoms with Crippen molar-refractivity contribution in [3.63, 3.8) is 0 Å². The summed E-state index contributed by atoms with van der Waals surface area (Å²) < 4.78 is 25.6. The lowest BCUT2D eigenvalue weighted by atomic mass is 9.70. The topological polar surface area (TPSA) is 81.8 Å². The van der Waals surface area contributed by atoms with Crippen LogP contribution in [0.15, 0.2) is 11.3 Å². The fraction of sp³-hybridized carbons (Fsp3) is 0.769. The van der Waals surface area contributed by atoms with Crippen LogP contribution in [0.25, 0.3) is 0 Å². The van der Waals surface area contributed by atoms with Gasteiger partial charge in [0.1, 0.15) is 11.8 Å². The fourth-order valence-corrected chi connectivity index (χ4v) is 2.34. The maximum atomic E-state index is 14.3. The van der Waals surface area contributed by atoms with Crippen molar-refractivity contribution in [1.29, 1.82) is 0 Å². The van der Waals surface area contributed by atoms with Crippen molar-refractivity contribution in [2.45, 2.75) is 57.8 Å². The minimum Gasteiger partial charge on any atom is -0.480 e. The highest BCUT2D eigenvalue weighted by Gasteiger charge is 2.54. The van der Waals surface area contributed by atoms with Gasteiger partial charge in [-0.3, -0.25) is 4.79 Å². The number of carboxylic acid groups (broad SMARTS) is 1. The summed E-state index contributed by atoms with van der Waals surface area (Å²) in [5.74, 6) is -1.26. The number of carbonyl (C=O) groups is 1. The predicted octanol–water partition coefficient (Wildman–Crippen LogP) is 1.66. The molecule has 20 heavy (non-hydrogen) atoms. The van der Waals surface area contributed by atoms with E-state index in [0.717, 1.165) is 0 Å². The third-order valence-corrected chi connectivity index (χ3v) is 4.61. The van der Waals surface area contributed by atoms with Crippen molar-refractivity contribution in [2.24, 2.45) is 11.7 Å². The minimum atomic E-state index is -1.05. The van der Waals surface area contributed by atoms with E-state index in [-0.39, 0.29) is 5.92 Å². The van der Waals surface area contributed by atoms with Gasteiger partial charge >= 0.3 is 13.1 Å². The third-order valence-electron chi connectivity index (χ3n) is 4.61. The van der Waals surface area contributed by atoms with E-state index in [9.17, 15) is 9.18 Å². The summed E-state index contributed by atoms with van der Waals surface area (Å²) in [6.07, 6.45) is 0.701. The van der Waals surface area contributed by atoms with Gasteiger partial charge in [-0.05, 0) is 52.0 Å². The van der Waals surface area contributed by atoms with E-state index in [1.165, 1.54) is 0 Å². The average Bonchev–Trinajstić information content (AvgIpc) is 2.45. The van der Waals surface area contributed by atoms with Gasteiger partial charge < -0.3 is 20.1 Å². The summed E-state index contributed by atoms with van der Waals surface area (Å²) in [6, 6.07) is -0.940. The quantitative estimate of drug-likeness (QED) is 0.771. The molecule has 3 N–H and O–H groups in total. The SMILES string of the molecule is CC1(C)OB(C(F)=C2CC(C(N)C(=O)O)C2)OC1(C)C. The Bertz CT molecular complexity index is 439. The molecule has 0 aromatic heterocycles. The normalized spacial score (nSPS) is 29.0. The number of carboxylic acids is 1. The van der Waals surface area contributed by atoms with E-state index in [0.29, 0.717) is 18.4 Å². The van der Waals surface area contributed by atoms with Crippen LogP contribution in [-0.4, -0.2) is 35.4 Å². The Labute approximate surface area is 118 Å². The number of allylic oxidation sites excluding steroid dienone is 1. The Kier molecular flexibility index (Phi) is 3.73. The summed E-state index contributed by atoms with van der Waals surface area (Å²) in [5, 5.41) is 8.81. The van der Waals surface area contributed by atoms with Crippen LogP contribution in [0.5, 0.6) is 0 Å². The smallest absolute Gasteiger partial charge is 0.480 e. The zero-order valence-electron chi connectivity index (χ0n) is 12.3. The van der Waals surface area contributed by atoms with Gasteiger partial charge in [-0.15, -0.1) is 0 Å². The van der Waals surface area contributed by atoms with Gasteiger partial charge in [-0.1, -0.05) is 0 Å². The molecule has 0 bridgehead atoms. The van der Waals surface area contributed by atoms with Crippen LogP contribution < -0.4 is 5.73 Å². The van der Waals surface area contributed by atoms with Gasteiger partial charge in [0.05, 0.1) is 11.2 Å². The van der Waals surface area contributed by atoms with Crippen LogP contribution in [0.1, 0.15) is 40.5 Å². The summed E-state index contributed by atoms with van der Waals surface area (Å²) >= 11 is 0. The molecule has 1 heterocycles. The van der Waals surface area contributed by atoms with Gasteiger partial charge in [0, 0.05) is 0 Å². The molecule has 0 spiro atoms. The molecule has 2 aliphatic rings. The summed E-state index contributed by atoms with van der Waals surface area (Å²) in [5.41, 5.74) is 4.46. The monoisotopic (exact) mass is 285 g/mol. The predicted molar refractivity (Wildman–Crippen MR) is 72.6 cm³/mol. The second-order valence-electron chi connectivity index (χ2n) is 6.57. The first kappa shape index (κ1) is 15.5. The number of hydrogen-bond donors (Lipinski definition) is 2. The van der Waals surface area contributed by atoms with Crippen LogP contribution in [0.2, 0.25) is 0 Å². The van der Waals surface area contributed by atoms with Crippen LogP contribution in [0, 0.1) is 5.92 Å². The van der Waals surface area contributed by atoms with Gasteiger partial charge in [0.25, 0.3) is 0 Å². The van der Waals surface area contributed by atoms with Crippen molar-refractivity contribution in [3.8, 4) is 0 Å². The lowest BCUT2D eigenvalue weighted by Crippen LogP contribution is -2.42. The number of hydrogen-bond acceptors (Lipinski definition) is 4. The summed E-state index contributed by atoms with van der Waals surface area (Å²) in [4.78, 5) is 10.8. The highest BCUT2D eigenvalue weighted by atomic mass is 19.1. The fourth-order valence-electron chi connectivity index (χ4n) is 2.34. The van der Waals surface area contributed by atoms with E-state index in [2.05, 4.69) is 0 Å². The van der Waals surface area contributed by atoms with Crippen molar-refractivity contribution in [2.75, 3.05) is 0 Å². The molecule has 1 aliphatic heterocycles. The molecule has 0 amide bonds. The molecule has 2 rings (SSSR count). The highest BCUT2D eigenvalue weighted by Crippen LogP contribution is 2.43. The van der Waals surface area contributed by atoms with Gasteiger partial charge in [0.2, 0.25) is 0 Å². The average molecular weight is 285 g/mol. The van der Waals surface area contributed by atoms with Crippen molar-refractivity contribution >= 4 is 13.1 Å². The lowest BCUT2D eigenvalue weighted by Gasteiger charge is -2.32. The highest BCUT2D eigenvalue weighted by molar-refractivity contribution is 6.53. The van der Waals surface area contributed by atoms with Crippen LogP contribution >= 0.6 is 0 Å². The molecule has 7 heteroatoms. The van der Waals surface area contributed by atoms with Gasteiger partial charge in [-0.25, -0.2) is 4.39 Å². The Balaban J connectivity index is 2.03. The number of aliphatic carboxylic acids is 1. The number of rotatable bonds is 3. The summed E-state index contributed by atoms with van der Waals surface area (Å²) in [6.45, 7) is 7.42. The first-order valence-electron chi connectivity index (χ1n) is 6.76. The molecule has 1 aliphatic carbocycles. The minimum absolute atomic E-state index is 0.212. The van der Waals surface area contributed by atoms with E-state index in [1.54, 1.807) is 0 Å². The van der Waals surface area contributed by atoms with E-state index in [4.69, 9.17) is 20.1 Å². The Morgan fingerprint density at radius 1 is 1.35 bits per heavy atom. The molecule has 0 radical (unpaired) electrons. The van der Waals surface area contributed by atoms with Gasteiger partial charge in [0.15, 0.2) is 0 Å². The van der Waals surface area contributed by atoms with E-state index < -0.39 is 36.1 Å². The first-order chi connectivity index (χ1) is 9.05. The molecule has 5 nitrogen and oxygen atoms in total. The molecule has 0 aromatic carbocycles.